The largest absolute Gasteiger partial charge is 0.310 e. The lowest BCUT2D eigenvalue weighted by Crippen LogP contribution is -2.16. The van der Waals surface area contributed by atoms with Crippen LogP contribution in [0.15, 0.2) is 261 Å². The minimum absolute atomic E-state index is 0.116. The van der Waals surface area contributed by atoms with Crippen molar-refractivity contribution in [2.45, 2.75) is 60.8 Å². The molecule has 0 atom stereocenters. The second-order valence-electron chi connectivity index (χ2n) is 19.8. The highest BCUT2D eigenvalue weighted by atomic mass is 15.1. The van der Waals surface area contributed by atoms with Crippen molar-refractivity contribution < 1.29 is 0 Å². The molecule has 0 fully saturated rings. The molecule has 0 saturated heterocycles. The van der Waals surface area contributed by atoms with Crippen LogP contribution in [0.4, 0.5) is 17.1 Å². The fourth-order valence-corrected chi connectivity index (χ4v) is 11.8. The number of aromatic nitrogens is 2. The van der Waals surface area contributed by atoms with Gasteiger partial charge >= 0.3 is 0 Å². The van der Waals surface area contributed by atoms with Crippen molar-refractivity contribution in [1.82, 2.24) is 9.13 Å². The minimum Gasteiger partial charge on any atom is -0.310 e. The first-order chi connectivity index (χ1) is 38.5. The molecule has 14 rings (SSSR count). The molecule has 0 aliphatic heterocycles. The second kappa shape index (κ2) is 21.8. The zero-order chi connectivity index (χ0) is 53.9. The maximum atomic E-state index is 2.42. The molecule has 3 heteroatoms. The van der Waals surface area contributed by atoms with Crippen LogP contribution in [0.1, 0.15) is 66.5 Å². The van der Waals surface area contributed by atoms with Crippen LogP contribution in [0.25, 0.3) is 99.5 Å². The molecule has 0 radical (unpaired) electrons. The van der Waals surface area contributed by atoms with Crippen molar-refractivity contribution >= 4 is 60.7 Å². The number of hydrogen-bond donors (Lipinski definition) is 0. The third-order valence-corrected chi connectivity index (χ3v) is 15.3. The maximum Gasteiger partial charge on any atom is 0.0541 e. The Labute approximate surface area is 461 Å². The first-order valence-electron chi connectivity index (χ1n) is 28.0. The standard InChI is InChI=1S/C69H49N3.3C2H6/c1-69(2)63-24-14-12-22-57(63)58-38-37-56(45-64(58)69)70(54-33-26-47(27-34-54)46-16-6-3-7-17-46)55-35-28-48(29-36-55)49-30-39-67-61(42-49)62-44-51(32-41-68(62)72(67)53-20-10-5-11-21-53)50-31-40-66-60(43-50)59-23-13-15-25-65(59)71(66)52-18-8-4-9-19-52;3*1-2/h3-45H,1-2H3;3*1-2H3. The number of hydrogen-bond acceptors (Lipinski definition) is 1. The van der Waals surface area contributed by atoms with Crippen molar-refractivity contribution in [3.63, 3.8) is 0 Å². The molecule has 382 valence electrons. The lowest BCUT2D eigenvalue weighted by Gasteiger charge is -2.28. The molecule has 0 spiro atoms. The quantitative estimate of drug-likeness (QED) is 0.148. The van der Waals surface area contributed by atoms with Crippen LogP contribution in [-0.2, 0) is 5.41 Å². The van der Waals surface area contributed by atoms with Gasteiger partial charge in [0.2, 0.25) is 0 Å². The van der Waals surface area contributed by atoms with Crippen molar-refractivity contribution in [3.8, 4) is 55.9 Å². The van der Waals surface area contributed by atoms with E-state index in [0.29, 0.717) is 0 Å². The Hall–Kier alpha value is -9.18. The van der Waals surface area contributed by atoms with Gasteiger partial charge in [-0.25, -0.2) is 0 Å². The molecule has 3 nitrogen and oxygen atoms in total. The van der Waals surface area contributed by atoms with E-state index in [4.69, 9.17) is 0 Å². The number of nitrogens with zero attached hydrogens (tertiary/aromatic N) is 3. The highest BCUT2D eigenvalue weighted by Crippen LogP contribution is 2.51. The summed E-state index contributed by atoms with van der Waals surface area (Å²) in [6, 6.07) is 95.9. The Morgan fingerprint density at radius 2 is 0.628 bits per heavy atom. The van der Waals surface area contributed by atoms with Gasteiger partial charge in [-0.05, 0) is 159 Å². The van der Waals surface area contributed by atoms with Crippen molar-refractivity contribution in [2.24, 2.45) is 0 Å². The molecule has 78 heavy (non-hydrogen) atoms. The van der Waals surface area contributed by atoms with Crippen LogP contribution in [0.2, 0.25) is 0 Å². The number of para-hydroxylation sites is 3. The van der Waals surface area contributed by atoms with Crippen LogP contribution in [0.5, 0.6) is 0 Å². The fraction of sp³-hybridized carbons (Fsp3) is 0.120. The predicted octanol–water partition coefficient (Wildman–Crippen LogP) is 21.7. The molecular formula is C75H67N3. The molecule has 1 aliphatic carbocycles. The molecule has 1 aliphatic rings. The van der Waals surface area contributed by atoms with Gasteiger partial charge in [0.1, 0.15) is 0 Å². The zero-order valence-corrected chi connectivity index (χ0v) is 46.2. The minimum atomic E-state index is -0.116. The van der Waals surface area contributed by atoms with Gasteiger partial charge in [-0.2, -0.15) is 0 Å². The summed E-state index contributed by atoms with van der Waals surface area (Å²) in [5, 5.41) is 4.95. The third kappa shape index (κ3) is 8.85. The summed E-state index contributed by atoms with van der Waals surface area (Å²) in [5.41, 5.74) is 22.9. The molecule has 2 aromatic heterocycles. The van der Waals surface area contributed by atoms with E-state index in [2.05, 4.69) is 289 Å². The average Bonchev–Trinajstić information content (AvgIpc) is 4.33. The van der Waals surface area contributed by atoms with Gasteiger partial charge < -0.3 is 14.0 Å². The molecule has 0 amide bonds. The van der Waals surface area contributed by atoms with E-state index in [9.17, 15) is 0 Å². The Morgan fingerprint density at radius 1 is 0.269 bits per heavy atom. The number of anilines is 3. The van der Waals surface area contributed by atoms with E-state index in [1.54, 1.807) is 0 Å². The summed E-state index contributed by atoms with van der Waals surface area (Å²) in [5.74, 6) is 0. The molecule has 0 saturated carbocycles. The smallest absolute Gasteiger partial charge is 0.0541 e. The summed E-state index contributed by atoms with van der Waals surface area (Å²) in [7, 11) is 0. The number of fused-ring (bicyclic) bond motifs is 9. The first-order valence-corrected chi connectivity index (χ1v) is 28.0. The molecule has 0 bridgehead atoms. The van der Waals surface area contributed by atoms with Gasteiger partial charge in [0.05, 0.1) is 22.1 Å². The third-order valence-electron chi connectivity index (χ3n) is 15.3. The monoisotopic (exact) mass is 1010 g/mol. The molecular weight excluding hydrogens is 943 g/mol. The molecule has 2 heterocycles. The van der Waals surface area contributed by atoms with Gasteiger partial charge in [-0.1, -0.05) is 213 Å². The lowest BCUT2D eigenvalue weighted by molar-refractivity contribution is 0.660. The van der Waals surface area contributed by atoms with Gasteiger partial charge in [0.15, 0.2) is 0 Å². The van der Waals surface area contributed by atoms with E-state index in [1.165, 1.54) is 99.2 Å². The van der Waals surface area contributed by atoms with Gasteiger partial charge in [0, 0.05) is 55.4 Å². The Bertz CT molecular complexity index is 4200. The summed E-state index contributed by atoms with van der Waals surface area (Å²) < 4.78 is 4.79. The summed E-state index contributed by atoms with van der Waals surface area (Å²) in [6.07, 6.45) is 0. The SMILES string of the molecule is CC.CC.CC.CC1(C)c2ccccc2-c2ccc(N(c3ccc(-c4ccccc4)cc3)c3ccc(-c4ccc5c(c4)c4cc(-c6ccc7c(c6)c6ccccc6n7-c6ccccc6)ccc4n5-c4ccccc4)cc3)cc21. The number of benzene rings is 11. The predicted molar refractivity (Wildman–Crippen MR) is 338 cm³/mol. The molecule has 0 N–H and O–H groups in total. The second-order valence-corrected chi connectivity index (χ2v) is 19.8. The highest BCUT2D eigenvalue weighted by Gasteiger charge is 2.35. The highest BCUT2D eigenvalue weighted by molar-refractivity contribution is 6.13. The van der Waals surface area contributed by atoms with E-state index < -0.39 is 0 Å². The van der Waals surface area contributed by atoms with Crippen LogP contribution < -0.4 is 4.90 Å². The Morgan fingerprint density at radius 3 is 1.15 bits per heavy atom. The van der Waals surface area contributed by atoms with Crippen molar-refractivity contribution in [2.75, 3.05) is 4.90 Å². The van der Waals surface area contributed by atoms with E-state index in [0.717, 1.165) is 28.4 Å². The Balaban J connectivity index is 0.00000104. The summed E-state index contributed by atoms with van der Waals surface area (Å²) >= 11 is 0. The van der Waals surface area contributed by atoms with E-state index >= 15 is 0 Å². The van der Waals surface area contributed by atoms with Crippen LogP contribution >= 0.6 is 0 Å². The number of rotatable bonds is 8. The van der Waals surface area contributed by atoms with Crippen molar-refractivity contribution in [3.05, 3.63) is 272 Å². The fourth-order valence-electron chi connectivity index (χ4n) is 11.8. The normalized spacial score (nSPS) is 11.9. The Kier molecular flexibility index (Phi) is 14.2. The zero-order valence-electron chi connectivity index (χ0n) is 46.2. The molecule has 13 aromatic rings. The van der Waals surface area contributed by atoms with Crippen LogP contribution in [0, 0.1) is 0 Å². The molecule has 11 aromatic carbocycles. The topological polar surface area (TPSA) is 13.1 Å². The van der Waals surface area contributed by atoms with Gasteiger partial charge in [-0.3, -0.25) is 0 Å². The molecule has 0 unspecified atom stereocenters. The first kappa shape index (κ1) is 51.0. The summed E-state index contributed by atoms with van der Waals surface area (Å²) in [6.45, 7) is 16.7. The van der Waals surface area contributed by atoms with Crippen molar-refractivity contribution in [1.29, 1.82) is 0 Å². The maximum absolute atomic E-state index is 2.42. The van der Waals surface area contributed by atoms with Crippen LogP contribution in [0.3, 0.4) is 0 Å². The van der Waals surface area contributed by atoms with Gasteiger partial charge in [-0.15, -0.1) is 0 Å². The average molecular weight is 1010 g/mol. The van der Waals surface area contributed by atoms with E-state index in [-0.39, 0.29) is 5.41 Å². The van der Waals surface area contributed by atoms with Gasteiger partial charge in [0.25, 0.3) is 0 Å². The lowest BCUT2D eigenvalue weighted by atomic mass is 9.82. The van der Waals surface area contributed by atoms with E-state index in [1.807, 2.05) is 41.5 Å². The summed E-state index contributed by atoms with van der Waals surface area (Å²) in [4.78, 5) is 2.41. The van der Waals surface area contributed by atoms with Crippen LogP contribution in [-0.4, -0.2) is 9.13 Å².